The van der Waals surface area contributed by atoms with Crippen molar-refractivity contribution >= 4 is 5.91 Å². The fraction of sp³-hybridized carbons (Fsp3) is 0.941. The number of piperidine rings is 2. The largest absolute Gasteiger partial charge is 0.396 e. The summed E-state index contributed by atoms with van der Waals surface area (Å²) < 4.78 is 0. The van der Waals surface area contributed by atoms with Crippen molar-refractivity contribution in [1.82, 2.24) is 9.80 Å². The number of carbonyl (C=O) groups is 1. The van der Waals surface area contributed by atoms with Crippen LogP contribution in [0.2, 0.25) is 0 Å². The van der Waals surface area contributed by atoms with E-state index in [1.165, 1.54) is 6.42 Å². The van der Waals surface area contributed by atoms with Gasteiger partial charge >= 0.3 is 0 Å². The summed E-state index contributed by atoms with van der Waals surface area (Å²) in [4.78, 5) is 16.0. The molecule has 0 spiro atoms. The molecule has 2 heterocycles. The Kier molecular flexibility index (Phi) is 5.67. The molecule has 4 heteroatoms. The Morgan fingerprint density at radius 1 is 1.29 bits per heavy atom. The first kappa shape index (κ1) is 16.8. The molecule has 0 aromatic rings. The van der Waals surface area contributed by atoms with Crippen LogP contribution in [0.5, 0.6) is 0 Å². The van der Waals surface area contributed by atoms with Gasteiger partial charge in [-0.3, -0.25) is 9.69 Å². The third-order valence-corrected chi connectivity index (χ3v) is 5.29. The number of carbonyl (C=O) groups excluding carboxylic acids is 1. The van der Waals surface area contributed by atoms with Gasteiger partial charge in [-0.25, -0.2) is 0 Å². The van der Waals surface area contributed by atoms with Crippen LogP contribution in [0.25, 0.3) is 0 Å². The summed E-state index contributed by atoms with van der Waals surface area (Å²) in [7, 11) is 0. The zero-order valence-corrected chi connectivity index (χ0v) is 14.0. The minimum Gasteiger partial charge on any atom is -0.396 e. The molecule has 1 atom stereocenters. The van der Waals surface area contributed by atoms with E-state index in [0.717, 1.165) is 51.9 Å². The lowest BCUT2D eigenvalue weighted by molar-refractivity contribution is -0.130. The minimum atomic E-state index is 0.101. The maximum absolute atomic E-state index is 11.4. The summed E-state index contributed by atoms with van der Waals surface area (Å²) in [6.45, 7) is 10.5. The monoisotopic (exact) mass is 296 g/mol. The molecule has 2 fully saturated rings. The molecule has 0 unspecified atom stereocenters. The van der Waals surface area contributed by atoms with Crippen molar-refractivity contribution in [2.45, 2.75) is 58.9 Å². The Bertz CT molecular complexity index is 351. The summed E-state index contributed by atoms with van der Waals surface area (Å²) in [6.07, 6.45) is 5.64. The first-order valence-electron chi connectivity index (χ1n) is 8.56. The van der Waals surface area contributed by atoms with Crippen LogP contribution < -0.4 is 0 Å². The molecule has 1 N–H and O–H groups in total. The Morgan fingerprint density at radius 2 is 1.95 bits per heavy atom. The van der Waals surface area contributed by atoms with Crippen molar-refractivity contribution in [2.75, 3.05) is 32.8 Å². The Morgan fingerprint density at radius 3 is 2.48 bits per heavy atom. The van der Waals surface area contributed by atoms with Crippen molar-refractivity contribution in [3.8, 4) is 0 Å². The lowest BCUT2D eigenvalue weighted by atomic mass is 9.74. The van der Waals surface area contributed by atoms with E-state index in [1.54, 1.807) is 6.92 Å². The quantitative estimate of drug-likeness (QED) is 0.864. The molecule has 21 heavy (non-hydrogen) atoms. The number of hydrogen-bond donors (Lipinski definition) is 1. The Labute approximate surface area is 129 Å². The molecular weight excluding hydrogens is 264 g/mol. The van der Waals surface area contributed by atoms with E-state index >= 15 is 0 Å². The highest BCUT2D eigenvalue weighted by Crippen LogP contribution is 2.37. The predicted molar refractivity (Wildman–Crippen MR) is 85.1 cm³/mol. The summed E-state index contributed by atoms with van der Waals surface area (Å²) in [5.74, 6) is 0.841. The average Bonchev–Trinajstić information content (AvgIpc) is 2.47. The highest BCUT2D eigenvalue weighted by atomic mass is 16.3. The number of hydrogen-bond acceptors (Lipinski definition) is 3. The number of amides is 1. The van der Waals surface area contributed by atoms with Gasteiger partial charge in [0.25, 0.3) is 0 Å². The third kappa shape index (κ3) is 4.19. The van der Waals surface area contributed by atoms with E-state index in [1.807, 2.05) is 4.90 Å². The van der Waals surface area contributed by atoms with Gasteiger partial charge in [0.05, 0.1) is 0 Å². The van der Waals surface area contributed by atoms with E-state index < -0.39 is 0 Å². The topological polar surface area (TPSA) is 43.8 Å². The molecule has 0 aliphatic carbocycles. The Balaban J connectivity index is 1.93. The molecule has 0 aromatic heterocycles. The molecular formula is C17H32N2O2. The van der Waals surface area contributed by atoms with Gasteiger partial charge in [-0.05, 0) is 44.6 Å². The molecule has 0 bridgehead atoms. The van der Waals surface area contributed by atoms with Crippen molar-refractivity contribution in [1.29, 1.82) is 0 Å². The van der Waals surface area contributed by atoms with Crippen LogP contribution in [0.1, 0.15) is 52.9 Å². The van der Waals surface area contributed by atoms with Crippen LogP contribution in [0.4, 0.5) is 0 Å². The molecule has 4 nitrogen and oxygen atoms in total. The fourth-order valence-corrected chi connectivity index (χ4v) is 4.33. The molecule has 0 saturated carbocycles. The van der Waals surface area contributed by atoms with Crippen molar-refractivity contribution < 1.29 is 9.90 Å². The maximum Gasteiger partial charge on any atom is 0.219 e. The molecule has 2 saturated heterocycles. The summed E-state index contributed by atoms with van der Waals surface area (Å²) in [6, 6.07) is 0.596. The maximum atomic E-state index is 11.4. The zero-order valence-electron chi connectivity index (χ0n) is 14.0. The minimum absolute atomic E-state index is 0.101. The van der Waals surface area contributed by atoms with E-state index in [9.17, 15) is 9.90 Å². The van der Waals surface area contributed by atoms with E-state index in [4.69, 9.17) is 0 Å². The van der Waals surface area contributed by atoms with Crippen molar-refractivity contribution in [3.63, 3.8) is 0 Å². The van der Waals surface area contributed by atoms with Crippen LogP contribution in [-0.2, 0) is 4.79 Å². The predicted octanol–water partition coefficient (Wildman–Crippen LogP) is 2.12. The SMILES string of the molecule is CC(=O)N1CCC(N2CCC[C@@](CO)(CC(C)C)C2)CC1. The summed E-state index contributed by atoms with van der Waals surface area (Å²) in [5, 5.41) is 9.94. The number of likely N-dealkylation sites (tertiary alicyclic amines) is 2. The standard InChI is InChI=1S/C17H32N2O2/c1-14(2)11-17(13-20)7-4-8-19(12-17)16-5-9-18(10-6-16)15(3)21/h14,16,20H,4-13H2,1-3H3/t17-/m1/s1. The van der Waals surface area contributed by atoms with Crippen molar-refractivity contribution in [2.24, 2.45) is 11.3 Å². The van der Waals surface area contributed by atoms with Gasteiger partial charge in [0.1, 0.15) is 0 Å². The fourth-order valence-electron chi connectivity index (χ4n) is 4.33. The van der Waals surface area contributed by atoms with E-state index in [0.29, 0.717) is 18.6 Å². The van der Waals surface area contributed by atoms with Gasteiger partial charge in [-0.2, -0.15) is 0 Å². The second kappa shape index (κ2) is 7.10. The Hall–Kier alpha value is -0.610. The molecule has 1 amide bonds. The molecule has 0 radical (unpaired) electrons. The average molecular weight is 296 g/mol. The molecule has 2 aliphatic heterocycles. The van der Waals surface area contributed by atoms with E-state index in [-0.39, 0.29) is 11.3 Å². The van der Waals surface area contributed by atoms with E-state index in [2.05, 4.69) is 18.7 Å². The number of aliphatic hydroxyl groups is 1. The van der Waals surface area contributed by atoms with Gasteiger partial charge < -0.3 is 10.0 Å². The van der Waals surface area contributed by atoms with Crippen LogP contribution in [0.3, 0.4) is 0 Å². The normalized spacial score (nSPS) is 29.1. The first-order chi connectivity index (χ1) is 9.96. The number of aliphatic hydroxyl groups excluding tert-OH is 1. The summed E-state index contributed by atoms with van der Waals surface area (Å²) in [5.41, 5.74) is 0.101. The highest BCUT2D eigenvalue weighted by molar-refractivity contribution is 5.73. The van der Waals surface area contributed by atoms with Crippen LogP contribution >= 0.6 is 0 Å². The highest BCUT2D eigenvalue weighted by Gasteiger charge is 2.38. The van der Waals surface area contributed by atoms with Crippen LogP contribution in [-0.4, -0.2) is 59.6 Å². The number of nitrogens with zero attached hydrogens (tertiary/aromatic N) is 2. The lowest BCUT2D eigenvalue weighted by Gasteiger charge is -2.47. The van der Waals surface area contributed by atoms with Gasteiger partial charge in [-0.15, -0.1) is 0 Å². The number of rotatable bonds is 4. The first-order valence-corrected chi connectivity index (χ1v) is 8.56. The van der Waals surface area contributed by atoms with Gasteiger partial charge in [0, 0.05) is 44.6 Å². The molecule has 0 aromatic carbocycles. The van der Waals surface area contributed by atoms with Gasteiger partial charge in [0.15, 0.2) is 0 Å². The zero-order chi connectivity index (χ0) is 15.5. The summed E-state index contributed by atoms with van der Waals surface area (Å²) >= 11 is 0. The van der Waals surface area contributed by atoms with Gasteiger partial charge in [0.2, 0.25) is 5.91 Å². The molecule has 2 aliphatic rings. The second-order valence-electron chi connectivity index (χ2n) is 7.57. The molecule has 122 valence electrons. The second-order valence-corrected chi connectivity index (χ2v) is 7.57. The van der Waals surface area contributed by atoms with Crippen LogP contribution in [0, 0.1) is 11.3 Å². The lowest BCUT2D eigenvalue weighted by Crippen LogP contribution is -2.53. The third-order valence-electron chi connectivity index (χ3n) is 5.29. The smallest absolute Gasteiger partial charge is 0.219 e. The molecule has 2 rings (SSSR count). The van der Waals surface area contributed by atoms with Crippen LogP contribution in [0.15, 0.2) is 0 Å². The van der Waals surface area contributed by atoms with Crippen molar-refractivity contribution in [3.05, 3.63) is 0 Å². The van der Waals surface area contributed by atoms with Gasteiger partial charge in [-0.1, -0.05) is 13.8 Å².